The molecule has 0 amide bonds. The number of nitrogens with zero attached hydrogens (tertiary/aromatic N) is 2. The molecular formula is C15H22N2O3S. The second kappa shape index (κ2) is 6.02. The topological polar surface area (TPSA) is 59.5 Å². The second-order valence-electron chi connectivity index (χ2n) is 6.18. The highest BCUT2D eigenvalue weighted by Crippen LogP contribution is 2.34. The van der Waals surface area contributed by atoms with Gasteiger partial charge in [0.1, 0.15) is 0 Å². The number of rotatable bonds is 6. The molecule has 1 aromatic rings. The smallest absolute Gasteiger partial charge is 0.211 e. The molecule has 1 aliphatic heterocycles. The van der Waals surface area contributed by atoms with Crippen LogP contribution in [0.3, 0.4) is 0 Å². The van der Waals surface area contributed by atoms with Gasteiger partial charge in [-0.25, -0.2) is 12.7 Å². The molecule has 2 aliphatic rings. The van der Waals surface area contributed by atoms with Gasteiger partial charge in [-0.15, -0.1) is 0 Å². The lowest BCUT2D eigenvalue weighted by molar-refractivity contribution is 0.0904. The van der Waals surface area contributed by atoms with Gasteiger partial charge in [0.15, 0.2) is 0 Å². The highest BCUT2D eigenvalue weighted by Gasteiger charge is 2.38. The molecule has 116 valence electrons. The number of sulfonamides is 1. The molecule has 1 aromatic heterocycles. The van der Waals surface area contributed by atoms with Gasteiger partial charge >= 0.3 is 0 Å². The third-order valence-corrected chi connectivity index (χ3v) is 5.56. The molecule has 0 N–H and O–H groups in total. The van der Waals surface area contributed by atoms with E-state index in [-0.39, 0.29) is 11.8 Å². The van der Waals surface area contributed by atoms with Crippen LogP contribution in [-0.2, 0) is 14.8 Å². The second-order valence-corrected chi connectivity index (χ2v) is 8.16. The molecule has 0 aromatic carbocycles. The number of hydrogen-bond donors (Lipinski definition) is 0. The van der Waals surface area contributed by atoms with Crippen molar-refractivity contribution in [3.05, 3.63) is 30.1 Å². The van der Waals surface area contributed by atoms with Crippen molar-refractivity contribution >= 4 is 10.0 Å². The standard InChI is InChI=1S/C15H22N2O3S/c1-21(18,19)17-8-13(11-20-10-12-5-6-12)14(9-17)15-4-2-3-7-16-15/h2-4,7,12-14H,5-6,8-11H2,1H3/t13-,14+/m0/s1. The minimum Gasteiger partial charge on any atom is -0.381 e. The Balaban J connectivity index is 1.70. The van der Waals surface area contributed by atoms with E-state index in [0.29, 0.717) is 19.7 Å². The van der Waals surface area contributed by atoms with Crippen LogP contribution >= 0.6 is 0 Å². The Morgan fingerprint density at radius 2 is 2.10 bits per heavy atom. The number of pyridine rings is 1. The zero-order valence-electron chi connectivity index (χ0n) is 12.3. The van der Waals surface area contributed by atoms with E-state index in [4.69, 9.17) is 4.74 Å². The molecule has 21 heavy (non-hydrogen) atoms. The van der Waals surface area contributed by atoms with Gasteiger partial charge in [0.05, 0.1) is 12.9 Å². The van der Waals surface area contributed by atoms with Gasteiger partial charge in [0, 0.05) is 43.4 Å². The van der Waals surface area contributed by atoms with Crippen molar-refractivity contribution < 1.29 is 13.2 Å². The molecule has 2 fully saturated rings. The van der Waals surface area contributed by atoms with Gasteiger partial charge in [-0.05, 0) is 30.9 Å². The van der Waals surface area contributed by atoms with E-state index in [0.717, 1.165) is 18.2 Å². The molecule has 0 unspecified atom stereocenters. The molecular weight excluding hydrogens is 288 g/mol. The molecule has 2 atom stereocenters. The van der Waals surface area contributed by atoms with Crippen molar-refractivity contribution in [2.24, 2.45) is 11.8 Å². The highest BCUT2D eigenvalue weighted by molar-refractivity contribution is 7.88. The van der Waals surface area contributed by atoms with Crippen LogP contribution in [0.1, 0.15) is 24.5 Å². The third-order valence-electron chi connectivity index (χ3n) is 4.33. The van der Waals surface area contributed by atoms with E-state index in [1.807, 2.05) is 18.2 Å². The molecule has 6 heteroatoms. The fourth-order valence-corrected chi connectivity index (χ4v) is 3.77. The van der Waals surface area contributed by atoms with Crippen LogP contribution in [0.2, 0.25) is 0 Å². The molecule has 0 bridgehead atoms. The molecule has 0 spiro atoms. The van der Waals surface area contributed by atoms with Crippen molar-refractivity contribution in [2.45, 2.75) is 18.8 Å². The minimum atomic E-state index is -3.16. The first kappa shape index (κ1) is 14.9. The van der Waals surface area contributed by atoms with Crippen LogP contribution < -0.4 is 0 Å². The van der Waals surface area contributed by atoms with Gasteiger partial charge in [0.25, 0.3) is 0 Å². The summed E-state index contributed by atoms with van der Waals surface area (Å²) < 4.78 is 31.0. The zero-order valence-corrected chi connectivity index (χ0v) is 13.1. The van der Waals surface area contributed by atoms with E-state index >= 15 is 0 Å². The van der Waals surface area contributed by atoms with Gasteiger partial charge in [-0.1, -0.05) is 6.07 Å². The molecule has 2 heterocycles. The number of hydrogen-bond acceptors (Lipinski definition) is 4. The molecule has 1 saturated heterocycles. The molecule has 1 aliphatic carbocycles. The van der Waals surface area contributed by atoms with Crippen LogP contribution in [0.5, 0.6) is 0 Å². The van der Waals surface area contributed by atoms with Crippen molar-refractivity contribution in [1.29, 1.82) is 0 Å². The number of aromatic nitrogens is 1. The summed E-state index contributed by atoms with van der Waals surface area (Å²) in [6.45, 7) is 2.46. The van der Waals surface area contributed by atoms with Gasteiger partial charge in [-0.3, -0.25) is 4.98 Å². The quantitative estimate of drug-likeness (QED) is 0.798. The van der Waals surface area contributed by atoms with Gasteiger partial charge in [-0.2, -0.15) is 0 Å². The fourth-order valence-electron chi connectivity index (χ4n) is 2.87. The maximum absolute atomic E-state index is 11.8. The number of ether oxygens (including phenoxy) is 1. The minimum absolute atomic E-state index is 0.125. The Labute approximate surface area is 126 Å². The third kappa shape index (κ3) is 3.81. The van der Waals surface area contributed by atoms with Crippen molar-refractivity contribution in [3.63, 3.8) is 0 Å². The molecule has 0 radical (unpaired) electrons. The lowest BCUT2D eigenvalue weighted by Crippen LogP contribution is -2.28. The van der Waals surface area contributed by atoms with Crippen molar-refractivity contribution in [1.82, 2.24) is 9.29 Å². The first-order valence-corrected chi connectivity index (χ1v) is 9.32. The normalized spacial score (nSPS) is 27.1. The SMILES string of the molecule is CS(=O)(=O)N1C[C@@H](COCC2CC2)[C@H](c2ccccn2)C1. The summed E-state index contributed by atoms with van der Waals surface area (Å²) >= 11 is 0. The lowest BCUT2D eigenvalue weighted by atomic mass is 9.93. The van der Waals surface area contributed by atoms with Crippen LogP contribution in [0.15, 0.2) is 24.4 Å². The van der Waals surface area contributed by atoms with Gasteiger partial charge < -0.3 is 4.74 Å². The van der Waals surface area contributed by atoms with Crippen molar-refractivity contribution in [2.75, 3.05) is 32.6 Å². The fraction of sp³-hybridized carbons (Fsp3) is 0.667. The Kier molecular flexibility index (Phi) is 4.28. The summed E-state index contributed by atoms with van der Waals surface area (Å²) in [4.78, 5) is 4.41. The molecule has 5 nitrogen and oxygen atoms in total. The summed E-state index contributed by atoms with van der Waals surface area (Å²) in [6, 6.07) is 5.81. The predicted molar refractivity (Wildman–Crippen MR) is 80.4 cm³/mol. The Hall–Kier alpha value is -0.980. The summed E-state index contributed by atoms with van der Waals surface area (Å²) in [7, 11) is -3.16. The Morgan fingerprint density at radius 3 is 2.71 bits per heavy atom. The van der Waals surface area contributed by atoms with Gasteiger partial charge in [0.2, 0.25) is 10.0 Å². The Morgan fingerprint density at radius 1 is 1.29 bits per heavy atom. The van der Waals surface area contributed by atoms with Crippen LogP contribution in [0.25, 0.3) is 0 Å². The van der Waals surface area contributed by atoms with E-state index in [9.17, 15) is 8.42 Å². The average Bonchev–Trinajstić information content (AvgIpc) is 3.16. The zero-order chi connectivity index (χ0) is 14.9. The lowest BCUT2D eigenvalue weighted by Gasteiger charge is -2.17. The predicted octanol–water partition coefficient (Wildman–Crippen LogP) is 1.48. The average molecular weight is 310 g/mol. The monoisotopic (exact) mass is 310 g/mol. The molecule has 3 rings (SSSR count). The summed E-state index contributed by atoms with van der Waals surface area (Å²) in [5.41, 5.74) is 0.962. The van der Waals surface area contributed by atoms with Crippen LogP contribution in [-0.4, -0.2) is 50.3 Å². The van der Waals surface area contributed by atoms with E-state index < -0.39 is 10.0 Å². The van der Waals surface area contributed by atoms with E-state index in [1.54, 1.807) is 10.5 Å². The first-order chi connectivity index (χ1) is 10.0. The maximum Gasteiger partial charge on any atom is 0.211 e. The first-order valence-electron chi connectivity index (χ1n) is 7.48. The molecule has 1 saturated carbocycles. The summed E-state index contributed by atoms with van der Waals surface area (Å²) in [6.07, 6.45) is 5.57. The van der Waals surface area contributed by atoms with Crippen LogP contribution in [0.4, 0.5) is 0 Å². The van der Waals surface area contributed by atoms with E-state index in [2.05, 4.69) is 4.98 Å². The van der Waals surface area contributed by atoms with Crippen LogP contribution in [0, 0.1) is 11.8 Å². The largest absolute Gasteiger partial charge is 0.381 e. The van der Waals surface area contributed by atoms with E-state index in [1.165, 1.54) is 19.1 Å². The maximum atomic E-state index is 11.8. The Bertz CT molecular complexity index is 572. The summed E-state index contributed by atoms with van der Waals surface area (Å²) in [5.74, 6) is 1.04. The highest BCUT2D eigenvalue weighted by atomic mass is 32.2. The summed E-state index contributed by atoms with van der Waals surface area (Å²) in [5, 5.41) is 0. The van der Waals surface area contributed by atoms with Crippen molar-refractivity contribution in [3.8, 4) is 0 Å².